The lowest BCUT2D eigenvalue weighted by Crippen LogP contribution is -2.65. The van der Waals surface area contributed by atoms with E-state index in [4.69, 9.17) is 4.74 Å². The molecule has 6 atom stereocenters. The number of carbonyl (C=O) groups excluding carboxylic acids is 1. The van der Waals surface area contributed by atoms with Gasteiger partial charge in [0.05, 0.1) is 6.04 Å². The zero-order chi connectivity index (χ0) is 20.0. The topological polar surface area (TPSA) is 70.0 Å². The molecule has 0 aromatic heterocycles. The molecule has 2 bridgehead atoms. The molecule has 5 nitrogen and oxygen atoms in total. The highest BCUT2D eigenvalue weighted by molar-refractivity contribution is 6.06. The van der Waals surface area contributed by atoms with Crippen molar-refractivity contribution in [3.05, 3.63) is 71.0 Å². The molecule has 1 spiro atoms. The number of aliphatic hydroxyl groups is 2. The summed E-state index contributed by atoms with van der Waals surface area (Å²) in [5.41, 5.74) is 0.957. The van der Waals surface area contributed by atoms with E-state index < -0.39 is 23.2 Å². The summed E-state index contributed by atoms with van der Waals surface area (Å²) in [7, 11) is 2.00. The van der Waals surface area contributed by atoms with Gasteiger partial charge in [-0.3, -0.25) is 9.69 Å². The van der Waals surface area contributed by atoms with Gasteiger partial charge >= 0.3 is 0 Å². The number of hydrogen-bond acceptors (Lipinski definition) is 5. The third-order valence-electron chi connectivity index (χ3n) is 7.77. The molecule has 1 aromatic carbocycles. The fourth-order valence-corrected chi connectivity index (χ4v) is 6.49. The molecule has 1 aromatic rings. The lowest BCUT2D eigenvalue weighted by atomic mass is 9.50. The fourth-order valence-electron chi connectivity index (χ4n) is 6.49. The fraction of sp³-hybridized carbons (Fsp3) is 0.458. The van der Waals surface area contributed by atoms with Crippen molar-refractivity contribution in [2.75, 3.05) is 13.6 Å². The Hall–Kier alpha value is -2.21. The van der Waals surface area contributed by atoms with Crippen molar-refractivity contribution in [1.82, 2.24) is 4.90 Å². The molecule has 6 rings (SSSR count). The quantitative estimate of drug-likeness (QED) is 0.752. The molecule has 1 saturated carbocycles. The van der Waals surface area contributed by atoms with Crippen LogP contribution in [0.4, 0.5) is 0 Å². The van der Waals surface area contributed by atoms with Crippen LogP contribution in [0.2, 0.25) is 0 Å². The van der Waals surface area contributed by atoms with Crippen LogP contribution in [0.3, 0.4) is 0 Å². The summed E-state index contributed by atoms with van der Waals surface area (Å²) in [6.07, 6.45) is 6.09. The molecule has 3 aliphatic carbocycles. The summed E-state index contributed by atoms with van der Waals surface area (Å²) in [5, 5.41) is 22.6. The minimum atomic E-state index is -1.20. The molecule has 5 aliphatic rings. The molecular weight excluding hydrogens is 366 g/mol. The van der Waals surface area contributed by atoms with Gasteiger partial charge in [-0.05, 0) is 25.6 Å². The lowest BCUT2D eigenvalue weighted by Gasteiger charge is -2.57. The zero-order valence-corrected chi connectivity index (χ0v) is 16.4. The van der Waals surface area contributed by atoms with Crippen molar-refractivity contribution in [3.63, 3.8) is 0 Å². The first-order valence-corrected chi connectivity index (χ1v) is 10.5. The standard InChI is InChI=1S/C24H25NO4/c1-25-12-11-24-16-7-8-17(26)21(24)29-22-18(24)15(20(27)19(16)25)9-10-23(22,28)13-14-5-3-2-4-6-14/h2-9,16-17,19,21,26,28H,10-13H2,1H3/t16-,17-,19-,21-,23?,24-/m0/s1. The smallest absolute Gasteiger partial charge is 0.180 e. The van der Waals surface area contributed by atoms with Gasteiger partial charge < -0.3 is 14.9 Å². The number of aliphatic hydroxyl groups excluding tert-OH is 1. The molecule has 2 fully saturated rings. The van der Waals surface area contributed by atoms with E-state index in [1.54, 1.807) is 6.08 Å². The third kappa shape index (κ3) is 2.08. The van der Waals surface area contributed by atoms with Crippen LogP contribution in [0.5, 0.6) is 0 Å². The van der Waals surface area contributed by atoms with Crippen LogP contribution in [-0.4, -0.2) is 58.3 Å². The maximum Gasteiger partial charge on any atom is 0.180 e. The highest BCUT2D eigenvalue weighted by Gasteiger charge is 2.69. The van der Waals surface area contributed by atoms with Gasteiger partial charge in [-0.15, -0.1) is 0 Å². The van der Waals surface area contributed by atoms with E-state index in [2.05, 4.69) is 4.90 Å². The van der Waals surface area contributed by atoms with E-state index in [0.29, 0.717) is 24.2 Å². The summed E-state index contributed by atoms with van der Waals surface area (Å²) >= 11 is 0. The van der Waals surface area contributed by atoms with Crippen molar-refractivity contribution in [2.24, 2.45) is 11.3 Å². The monoisotopic (exact) mass is 391 g/mol. The molecule has 2 N–H and O–H groups in total. The zero-order valence-electron chi connectivity index (χ0n) is 16.4. The van der Waals surface area contributed by atoms with Gasteiger partial charge in [0.25, 0.3) is 0 Å². The van der Waals surface area contributed by atoms with Crippen LogP contribution in [0.15, 0.2) is 65.5 Å². The van der Waals surface area contributed by atoms with Crippen LogP contribution in [0, 0.1) is 11.3 Å². The largest absolute Gasteiger partial charge is 0.487 e. The van der Waals surface area contributed by atoms with Gasteiger partial charge in [-0.25, -0.2) is 0 Å². The number of hydrogen-bond donors (Lipinski definition) is 2. The molecule has 0 radical (unpaired) electrons. The van der Waals surface area contributed by atoms with Crippen LogP contribution >= 0.6 is 0 Å². The summed E-state index contributed by atoms with van der Waals surface area (Å²) in [6.45, 7) is 0.772. The van der Waals surface area contributed by atoms with E-state index in [-0.39, 0.29) is 17.7 Å². The predicted molar refractivity (Wildman–Crippen MR) is 107 cm³/mol. The van der Waals surface area contributed by atoms with Crippen LogP contribution < -0.4 is 0 Å². The van der Waals surface area contributed by atoms with Crippen LogP contribution in [-0.2, 0) is 16.0 Å². The van der Waals surface area contributed by atoms with Crippen LogP contribution in [0.25, 0.3) is 0 Å². The summed E-state index contributed by atoms with van der Waals surface area (Å²) < 4.78 is 6.43. The SMILES string of the molecule is CN1CC[C@]23C4=C5O[C@H]2[C@@H](O)C=C[C@H]3[C@H]1C(=O)C4=CCC5(O)Cc1ccccc1. The predicted octanol–water partition coefficient (Wildman–Crippen LogP) is 1.76. The second kappa shape index (κ2) is 5.69. The van der Waals surface area contributed by atoms with Gasteiger partial charge in [-0.1, -0.05) is 48.6 Å². The van der Waals surface area contributed by atoms with Crippen molar-refractivity contribution in [3.8, 4) is 0 Å². The molecule has 2 aliphatic heterocycles. The van der Waals surface area contributed by atoms with E-state index in [0.717, 1.165) is 24.1 Å². The summed E-state index contributed by atoms with van der Waals surface area (Å²) in [4.78, 5) is 15.6. The number of ketones is 1. The Kier molecular flexibility index (Phi) is 3.46. The Labute approximate surface area is 170 Å². The van der Waals surface area contributed by atoms with Crippen molar-refractivity contribution in [2.45, 2.75) is 43.1 Å². The van der Waals surface area contributed by atoms with Crippen molar-refractivity contribution in [1.29, 1.82) is 0 Å². The second-order valence-corrected chi connectivity index (χ2v) is 9.24. The molecule has 1 saturated heterocycles. The third-order valence-corrected chi connectivity index (χ3v) is 7.77. The van der Waals surface area contributed by atoms with E-state index in [9.17, 15) is 15.0 Å². The molecule has 2 heterocycles. The number of ether oxygens (including phenoxy) is 1. The number of nitrogens with zero attached hydrogens (tertiary/aromatic N) is 1. The maximum absolute atomic E-state index is 13.5. The van der Waals surface area contributed by atoms with Gasteiger partial charge in [-0.2, -0.15) is 0 Å². The number of piperidine rings is 1. The normalized spacial score (nSPS) is 42.4. The number of likely N-dealkylation sites (tertiary alicyclic amines) is 1. The molecule has 1 unspecified atom stereocenters. The highest BCUT2D eigenvalue weighted by atomic mass is 16.5. The Morgan fingerprint density at radius 2 is 2.03 bits per heavy atom. The molecule has 29 heavy (non-hydrogen) atoms. The minimum Gasteiger partial charge on any atom is -0.487 e. The summed E-state index contributed by atoms with van der Waals surface area (Å²) in [6, 6.07) is 9.65. The Bertz CT molecular complexity index is 995. The molecule has 150 valence electrons. The van der Waals surface area contributed by atoms with E-state index >= 15 is 0 Å². The van der Waals surface area contributed by atoms with Gasteiger partial charge in [0.2, 0.25) is 0 Å². The van der Waals surface area contributed by atoms with E-state index in [1.807, 2.05) is 49.5 Å². The summed E-state index contributed by atoms with van der Waals surface area (Å²) in [5.74, 6) is 0.603. The molecular formula is C24H25NO4. The number of carbonyl (C=O) groups is 1. The first-order valence-electron chi connectivity index (χ1n) is 10.5. The number of Topliss-reactive ketones (excluding diaryl/α,β-unsaturated/α-hetero) is 1. The number of rotatable bonds is 2. The molecule has 0 amide bonds. The van der Waals surface area contributed by atoms with Crippen molar-refractivity contribution < 1.29 is 19.7 Å². The highest BCUT2D eigenvalue weighted by Crippen LogP contribution is 2.65. The Morgan fingerprint density at radius 1 is 1.24 bits per heavy atom. The second-order valence-electron chi connectivity index (χ2n) is 9.24. The Morgan fingerprint density at radius 3 is 2.83 bits per heavy atom. The number of benzene rings is 1. The maximum atomic E-state index is 13.5. The average molecular weight is 391 g/mol. The minimum absolute atomic E-state index is 0.0362. The van der Waals surface area contributed by atoms with Crippen molar-refractivity contribution >= 4 is 5.78 Å². The van der Waals surface area contributed by atoms with Gasteiger partial charge in [0.1, 0.15) is 23.6 Å². The van der Waals surface area contributed by atoms with Gasteiger partial charge in [0, 0.05) is 35.3 Å². The lowest BCUT2D eigenvalue weighted by molar-refractivity contribution is -0.136. The first-order chi connectivity index (χ1) is 14.0. The van der Waals surface area contributed by atoms with Crippen LogP contribution in [0.1, 0.15) is 18.4 Å². The number of likely N-dealkylation sites (N-methyl/N-ethyl adjacent to an activating group) is 1. The Balaban J connectivity index is 1.54. The van der Waals surface area contributed by atoms with E-state index in [1.165, 1.54) is 0 Å². The van der Waals surface area contributed by atoms with Gasteiger partial charge in [0.15, 0.2) is 5.78 Å². The average Bonchev–Trinajstić information content (AvgIpc) is 3.07. The first kappa shape index (κ1) is 17.6. The molecule has 5 heteroatoms.